The molecule has 0 radical (unpaired) electrons. The minimum atomic E-state index is -1.42. The fourth-order valence-corrected chi connectivity index (χ4v) is 2.56. The number of nitrogens with zero attached hydrogens (tertiary/aromatic N) is 3. The highest BCUT2D eigenvalue weighted by Gasteiger charge is 2.27. The van der Waals surface area contributed by atoms with Crippen LogP contribution in [0.2, 0.25) is 0 Å². The molecule has 0 fully saturated rings. The molecule has 1 amide bonds. The Bertz CT molecular complexity index is 962. The number of esters is 1. The van der Waals surface area contributed by atoms with E-state index in [1.165, 1.54) is 4.90 Å². The van der Waals surface area contributed by atoms with E-state index in [0.29, 0.717) is 13.1 Å². The number of hydrogen-bond acceptors (Lipinski definition) is 10. The molecule has 172 valence electrons. The number of phenols is 1. The van der Waals surface area contributed by atoms with Crippen molar-refractivity contribution in [3.63, 3.8) is 0 Å². The Morgan fingerprint density at radius 3 is 2.38 bits per heavy atom. The van der Waals surface area contributed by atoms with E-state index in [0.717, 1.165) is 25.3 Å². The molecule has 1 rings (SSSR count). The van der Waals surface area contributed by atoms with Gasteiger partial charge in [0.15, 0.2) is 5.75 Å². The number of carbonyl (C=O) groups excluding carboxylic acids is 3. The summed E-state index contributed by atoms with van der Waals surface area (Å²) in [6, 6.07) is 3.65. The van der Waals surface area contributed by atoms with E-state index >= 15 is 0 Å². The Hall–Kier alpha value is -4.14. The smallest absolute Gasteiger partial charge is 0.499 e. The summed E-state index contributed by atoms with van der Waals surface area (Å²) in [5.74, 6) is -3.09. The van der Waals surface area contributed by atoms with Crippen LogP contribution in [0.4, 0.5) is 10.5 Å². The second-order valence-electron chi connectivity index (χ2n) is 6.18. The Morgan fingerprint density at radius 2 is 1.91 bits per heavy atom. The predicted octanol–water partition coefficient (Wildman–Crippen LogP) is 2.54. The van der Waals surface area contributed by atoms with E-state index in [9.17, 15) is 34.9 Å². The lowest BCUT2D eigenvalue weighted by Gasteiger charge is -2.17. The molecule has 1 aromatic carbocycles. The van der Waals surface area contributed by atoms with Crippen molar-refractivity contribution >= 4 is 29.8 Å². The van der Waals surface area contributed by atoms with Crippen LogP contribution in [0.5, 0.6) is 11.5 Å². The average molecular weight is 449 g/mol. The van der Waals surface area contributed by atoms with Crippen molar-refractivity contribution in [1.29, 1.82) is 5.26 Å². The molecule has 0 aliphatic carbocycles. The van der Waals surface area contributed by atoms with Crippen LogP contribution >= 0.6 is 0 Å². The summed E-state index contributed by atoms with van der Waals surface area (Å²) in [7, 11) is 1.09. The van der Waals surface area contributed by atoms with Gasteiger partial charge in [0.05, 0.1) is 12.0 Å². The Balaban J connectivity index is 3.37. The maximum absolute atomic E-state index is 12.4. The van der Waals surface area contributed by atoms with Gasteiger partial charge in [-0.15, -0.1) is 0 Å². The maximum atomic E-state index is 12.4. The number of likely N-dealkylation sites (N-methyl/N-ethyl adjacent to an activating group) is 1. The van der Waals surface area contributed by atoms with Crippen LogP contribution in [0.15, 0.2) is 17.7 Å². The van der Waals surface area contributed by atoms with E-state index in [4.69, 9.17) is 9.47 Å². The number of phenolic OH excluding ortho intramolecular Hbond substituents is 1. The molecule has 1 aromatic rings. The van der Waals surface area contributed by atoms with Gasteiger partial charge in [-0.25, -0.2) is 9.59 Å². The summed E-state index contributed by atoms with van der Waals surface area (Å²) in [6.07, 6.45) is -1.58. The summed E-state index contributed by atoms with van der Waals surface area (Å²) in [5.41, 5.74) is -1.22. The normalized spacial score (nSPS) is 11.7. The van der Waals surface area contributed by atoms with Gasteiger partial charge in [0, 0.05) is 19.2 Å². The van der Waals surface area contributed by atoms with Crippen LogP contribution in [0.1, 0.15) is 32.8 Å². The summed E-state index contributed by atoms with van der Waals surface area (Å²) in [5, 5.41) is 30.8. The van der Waals surface area contributed by atoms with Crippen LogP contribution in [0, 0.1) is 21.4 Å². The third-order valence-electron chi connectivity index (χ3n) is 4.25. The number of aromatic hydroxyl groups is 1. The molecule has 0 saturated heterocycles. The van der Waals surface area contributed by atoms with Crippen molar-refractivity contribution in [3.05, 3.63) is 33.4 Å². The lowest BCUT2D eigenvalue weighted by Crippen LogP contribution is -2.31. The third-order valence-corrected chi connectivity index (χ3v) is 4.25. The van der Waals surface area contributed by atoms with Crippen LogP contribution in [-0.4, -0.2) is 59.3 Å². The number of ether oxygens (including phenoxy) is 3. The van der Waals surface area contributed by atoms with Crippen molar-refractivity contribution in [2.75, 3.05) is 20.2 Å². The lowest BCUT2D eigenvalue weighted by atomic mass is 10.1. The van der Waals surface area contributed by atoms with Crippen molar-refractivity contribution in [2.45, 2.75) is 33.3 Å². The number of nitro groups is 1. The van der Waals surface area contributed by atoms with Crippen LogP contribution in [-0.2, 0) is 19.1 Å². The summed E-state index contributed by atoms with van der Waals surface area (Å²) in [6.45, 7) is 5.65. The fourth-order valence-electron chi connectivity index (χ4n) is 2.56. The molecule has 0 aliphatic heterocycles. The number of methoxy groups -OCH3 is 1. The van der Waals surface area contributed by atoms with Gasteiger partial charge >= 0.3 is 17.8 Å². The standard InChI is InChI=1S/C20H23N3O9/c1-5-15(19(26)30-4)31-20(27)32-16-10-12(9-14(17(16)24)23(28)29)8-13(11-21)18(25)22(6-2)7-3/h8-10,15,24H,5-7H2,1-4H3. The van der Waals surface area contributed by atoms with E-state index in [2.05, 4.69) is 4.74 Å². The highest BCUT2D eigenvalue weighted by Crippen LogP contribution is 2.38. The Kier molecular flexibility index (Phi) is 9.63. The highest BCUT2D eigenvalue weighted by molar-refractivity contribution is 6.01. The van der Waals surface area contributed by atoms with Gasteiger partial charge in [0.25, 0.3) is 5.91 Å². The van der Waals surface area contributed by atoms with Crippen molar-refractivity contribution in [3.8, 4) is 17.6 Å². The topological polar surface area (TPSA) is 169 Å². The summed E-state index contributed by atoms with van der Waals surface area (Å²) < 4.78 is 14.1. The highest BCUT2D eigenvalue weighted by atomic mass is 16.7. The fraction of sp³-hybridized carbons (Fsp3) is 0.400. The Morgan fingerprint density at radius 1 is 1.28 bits per heavy atom. The number of amides is 1. The molecule has 0 spiro atoms. The van der Waals surface area contributed by atoms with Crippen LogP contribution in [0.25, 0.3) is 6.08 Å². The molecule has 1 unspecified atom stereocenters. The molecule has 0 aromatic heterocycles. The van der Waals surface area contributed by atoms with Gasteiger partial charge in [-0.2, -0.15) is 5.26 Å². The molecule has 12 heteroatoms. The van der Waals surface area contributed by atoms with Crippen molar-refractivity contribution < 1.29 is 38.6 Å². The van der Waals surface area contributed by atoms with Gasteiger partial charge in [-0.1, -0.05) is 6.92 Å². The van der Waals surface area contributed by atoms with Crippen molar-refractivity contribution in [1.82, 2.24) is 4.90 Å². The molecule has 0 bridgehead atoms. The van der Waals surface area contributed by atoms with E-state index < -0.39 is 46.2 Å². The first-order valence-corrected chi connectivity index (χ1v) is 9.52. The minimum absolute atomic E-state index is 0.0608. The SMILES string of the molecule is CCC(OC(=O)Oc1cc(C=C(C#N)C(=O)N(CC)CC)cc([N+](=O)[O-])c1O)C(=O)OC. The molecule has 0 heterocycles. The van der Waals surface area contributed by atoms with Gasteiger partial charge in [-0.05, 0) is 38.0 Å². The molecule has 32 heavy (non-hydrogen) atoms. The summed E-state index contributed by atoms with van der Waals surface area (Å²) in [4.78, 5) is 47.8. The number of rotatable bonds is 9. The molecule has 0 aliphatic rings. The van der Waals surface area contributed by atoms with E-state index in [-0.39, 0.29) is 17.6 Å². The quantitative estimate of drug-likeness (QED) is 0.148. The van der Waals surface area contributed by atoms with Gasteiger partial charge in [0.2, 0.25) is 11.9 Å². The minimum Gasteiger partial charge on any atom is -0.499 e. The largest absolute Gasteiger partial charge is 0.514 e. The third kappa shape index (κ3) is 6.43. The second-order valence-corrected chi connectivity index (χ2v) is 6.18. The zero-order chi connectivity index (χ0) is 24.4. The number of nitriles is 1. The molecule has 12 nitrogen and oxygen atoms in total. The van der Waals surface area contributed by atoms with Crippen LogP contribution < -0.4 is 4.74 Å². The molecular formula is C20H23N3O9. The zero-order valence-corrected chi connectivity index (χ0v) is 18.0. The number of hydrogen-bond donors (Lipinski definition) is 1. The molecule has 0 saturated carbocycles. The predicted molar refractivity (Wildman–Crippen MR) is 109 cm³/mol. The first-order chi connectivity index (χ1) is 15.1. The van der Waals surface area contributed by atoms with E-state index in [1.54, 1.807) is 26.8 Å². The monoisotopic (exact) mass is 449 g/mol. The summed E-state index contributed by atoms with van der Waals surface area (Å²) >= 11 is 0. The number of nitro benzene ring substituents is 1. The lowest BCUT2D eigenvalue weighted by molar-refractivity contribution is -0.385. The van der Waals surface area contributed by atoms with Crippen molar-refractivity contribution in [2.24, 2.45) is 0 Å². The van der Waals surface area contributed by atoms with Crippen LogP contribution in [0.3, 0.4) is 0 Å². The molecule has 1 N–H and O–H groups in total. The van der Waals surface area contributed by atoms with Gasteiger partial charge < -0.3 is 24.2 Å². The first-order valence-electron chi connectivity index (χ1n) is 9.52. The first kappa shape index (κ1) is 25.9. The number of benzene rings is 1. The van der Waals surface area contributed by atoms with E-state index in [1.807, 2.05) is 0 Å². The average Bonchev–Trinajstić information content (AvgIpc) is 2.77. The zero-order valence-electron chi connectivity index (χ0n) is 18.0. The number of carbonyl (C=O) groups is 3. The second kappa shape index (κ2) is 11.9. The van der Waals surface area contributed by atoms with Gasteiger partial charge in [0.1, 0.15) is 11.6 Å². The molecular weight excluding hydrogens is 426 g/mol. The molecule has 1 atom stereocenters. The van der Waals surface area contributed by atoms with Gasteiger partial charge in [-0.3, -0.25) is 14.9 Å². The Labute approximate surface area is 183 Å². The maximum Gasteiger partial charge on any atom is 0.514 e.